The van der Waals surface area contributed by atoms with E-state index in [0.29, 0.717) is 22.3 Å². The number of aromatic carboxylic acids is 1. The number of sulfonamides is 1. The highest BCUT2D eigenvalue weighted by Gasteiger charge is 2.26. The molecule has 0 heterocycles. The summed E-state index contributed by atoms with van der Waals surface area (Å²) in [6, 6.07) is 18.8. The van der Waals surface area contributed by atoms with Crippen molar-refractivity contribution in [2.24, 2.45) is 5.92 Å². The molecule has 2 N–H and O–H groups in total. The summed E-state index contributed by atoms with van der Waals surface area (Å²) >= 11 is 0. The molecule has 1 saturated carbocycles. The Balaban J connectivity index is 1.55. The summed E-state index contributed by atoms with van der Waals surface area (Å²) in [6.07, 6.45) is 3.05. The molecule has 1 fully saturated rings. The number of carboxylic acid groups (broad SMARTS) is 1. The van der Waals surface area contributed by atoms with E-state index in [1.54, 1.807) is 36.4 Å². The molecule has 4 rings (SSSR count). The molecule has 1 aliphatic carbocycles. The molecule has 6 nitrogen and oxygen atoms in total. The first kappa shape index (κ1) is 21.9. The maximum atomic E-state index is 13.2. The zero-order valence-corrected chi connectivity index (χ0v) is 18.6. The second-order valence-electron chi connectivity index (χ2n) is 8.15. The van der Waals surface area contributed by atoms with Crippen LogP contribution in [0, 0.1) is 12.8 Å². The van der Waals surface area contributed by atoms with Gasteiger partial charge in [0.15, 0.2) is 0 Å². The number of benzene rings is 3. The van der Waals surface area contributed by atoms with Crippen molar-refractivity contribution in [1.82, 2.24) is 0 Å². The predicted molar refractivity (Wildman–Crippen MR) is 123 cm³/mol. The van der Waals surface area contributed by atoms with Crippen molar-refractivity contribution in [3.05, 3.63) is 89.0 Å². The lowest BCUT2D eigenvalue weighted by Gasteiger charge is -2.16. The lowest BCUT2D eigenvalue weighted by Crippen LogP contribution is -2.16. The van der Waals surface area contributed by atoms with Crippen LogP contribution in [0.5, 0.6) is 5.75 Å². The van der Waals surface area contributed by atoms with E-state index in [4.69, 9.17) is 9.84 Å². The molecule has 0 aromatic heterocycles. The Labute approximate surface area is 187 Å². The first-order valence-corrected chi connectivity index (χ1v) is 12.0. The smallest absolute Gasteiger partial charge is 0.335 e. The molecule has 1 aliphatic rings. The van der Waals surface area contributed by atoms with Crippen LogP contribution in [0.4, 0.5) is 5.69 Å². The minimum Gasteiger partial charge on any atom is -0.487 e. The summed E-state index contributed by atoms with van der Waals surface area (Å²) in [5.41, 5.74) is 3.09. The van der Waals surface area contributed by atoms with Crippen LogP contribution in [0.2, 0.25) is 0 Å². The van der Waals surface area contributed by atoms with E-state index in [-0.39, 0.29) is 12.2 Å². The summed E-state index contributed by atoms with van der Waals surface area (Å²) < 4.78 is 35.0. The zero-order chi connectivity index (χ0) is 22.7. The van der Waals surface area contributed by atoms with Gasteiger partial charge in [0, 0.05) is 0 Å². The third-order valence-electron chi connectivity index (χ3n) is 5.44. The van der Waals surface area contributed by atoms with Gasteiger partial charge in [-0.05, 0) is 79.1 Å². The molecular formula is C25H25NO5S. The SMILES string of the molecule is Cc1ccc(NS(=O)(=O)c2ccccc2CC2CC2)c(OCc2ccc(C(=O)O)cc2)c1. The fraction of sp³-hybridized carbons (Fsp3) is 0.240. The van der Waals surface area contributed by atoms with Gasteiger partial charge in [-0.25, -0.2) is 13.2 Å². The van der Waals surface area contributed by atoms with Crippen LogP contribution in [0.15, 0.2) is 71.6 Å². The van der Waals surface area contributed by atoms with Gasteiger partial charge in [-0.1, -0.05) is 36.4 Å². The Hall–Kier alpha value is -3.32. The molecule has 7 heteroatoms. The average Bonchev–Trinajstić information content (AvgIpc) is 3.58. The molecule has 32 heavy (non-hydrogen) atoms. The number of anilines is 1. The molecule has 0 saturated heterocycles. The van der Waals surface area contributed by atoms with E-state index in [1.165, 1.54) is 12.1 Å². The molecule has 3 aromatic rings. The van der Waals surface area contributed by atoms with Crippen molar-refractivity contribution >= 4 is 21.7 Å². The number of hydrogen-bond donors (Lipinski definition) is 2. The van der Waals surface area contributed by atoms with Crippen LogP contribution in [0.3, 0.4) is 0 Å². The van der Waals surface area contributed by atoms with Crippen LogP contribution < -0.4 is 9.46 Å². The van der Waals surface area contributed by atoms with Gasteiger partial charge in [0.1, 0.15) is 12.4 Å². The van der Waals surface area contributed by atoms with Gasteiger partial charge in [-0.3, -0.25) is 4.72 Å². The highest BCUT2D eigenvalue weighted by atomic mass is 32.2. The van der Waals surface area contributed by atoms with E-state index < -0.39 is 16.0 Å². The average molecular weight is 452 g/mol. The highest BCUT2D eigenvalue weighted by Crippen LogP contribution is 2.35. The Kier molecular flexibility index (Phi) is 6.19. The normalized spacial score (nSPS) is 13.5. The van der Waals surface area contributed by atoms with Gasteiger partial charge in [0.05, 0.1) is 16.1 Å². The molecule has 166 valence electrons. The number of carbonyl (C=O) groups is 1. The van der Waals surface area contributed by atoms with Crippen molar-refractivity contribution in [2.75, 3.05) is 4.72 Å². The monoisotopic (exact) mass is 451 g/mol. The van der Waals surface area contributed by atoms with Gasteiger partial charge in [0.25, 0.3) is 10.0 Å². The number of hydrogen-bond acceptors (Lipinski definition) is 4. The lowest BCUT2D eigenvalue weighted by atomic mass is 10.1. The van der Waals surface area contributed by atoms with Crippen LogP contribution in [0.25, 0.3) is 0 Å². The first-order chi connectivity index (χ1) is 15.3. The topological polar surface area (TPSA) is 92.7 Å². The number of rotatable bonds is 9. The Morgan fingerprint density at radius 2 is 1.78 bits per heavy atom. The fourth-order valence-corrected chi connectivity index (χ4v) is 4.83. The lowest BCUT2D eigenvalue weighted by molar-refractivity contribution is 0.0697. The fourth-order valence-electron chi connectivity index (χ4n) is 3.51. The van der Waals surface area contributed by atoms with Crippen molar-refractivity contribution in [3.63, 3.8) is 0 Å². The summed E-state index contributed by atoms with van der Waals surface area (Å²) in [5, 5.41) is 9.03. The summed E-state index contributed by atoms with van der Waals surface area (Å²) in [7, 11) is -3.79. The maximum absolute atomic E-state index is 13.2. The zero-order valence-electron chi connectivity index (χ0n) is 17.7. The summed E-state index contributed by atoms with van der Waals surface area (Å²) in [5.74, 6) is -0.0116. The molecule has 0 bridgehead atoms. The predicted octanol–water partition coefficient (Wildman–Crippen LogP) is 5.03. The van der Waals surface area contributed by atoms with Crippen molar-refractivity contribution in [2.45, 2.75) is 37.7 Å². The molecular weight excluding hydrogens is 426 g/mol. The van der Waals surface area contributed by atoms with Crippen LogP contribution >= 0.6 is 0 Å². The van der Waals surface area contributed by atoms with Crippen molar-refractivity contribution < 1.29 is 23.1 Å². The van der Waals surface area contributed by atoms with Crippen LogP contribution in [-0.2, 0) is 23.1 Å². The Morgan fingerprint density at radius 1 is 1.06 bits per heavy atom. The Morgan fingerprint density at radius 3 is 2.47 bits per heavy atom. The van der Waals surface area contributed by atoms with Gasteiger partial charge >= 0.3 is 5.97 Å². The largest absolute Gasteiger partial charge is 0.487 e. The van der Waals surface area contributed by atoms with Gasteiger partial charge < -0.3 is 9.84 Å². The molecule has 0 amide bonds. The molecule has 0 radical (unpaired) electrons. The van der Waals surface area contributed by atoms with E-state index in [1.807, 2.05) is 25.1 Å². The summed E-state index contributed by atoms with van der Waals surface area (Å²) in [6.45, 7) is 2.08. The van der Waals surface area contributed by atoms with E-state index in [2.05, 4.69) is 4.72 Å². The quantitative estimate of drug-likeness (QED) is 0.476. The van der Waals surface area contributed by atoms with Gasteiger partial charge in [-0.2, -0.15) is 0 Å². The van der Waals surface area contributed by atoms with E-state index >= 15 is 0 Å². The third kappa shape index (κ3) is 5.29. The molecule has 0 unspecified atom stereocenters. The maximum Gasteiger partial charge on any atom is 0.335 e. The van der Waals surface area contributed by atoms with Crippen LogP contribution in [0.1, 0.15) is 39.9 Å². The van der Waals surface area contributed by atoms with E-state index in [9.17, 15) is 13.2 Å². The minimum absolute atomic E-state index is 0.177. The highest BCUT2D eigenvalue weighted by molar-refractivity contribution is 7.92. The molecule has 0 spiro atoms. The van der Waals surface area contributed by atoms with Crippen molar-refractivity contribution in [1.29, 1.82) is 0 Å². The second kappa shape index (κ2) is 9.04. The number of ether oxygens (including phenoxy) is 1. The Bertz CT molecular complexity index is 1230. The van der Waals surface area contributed by atoms with Gasteiger partial charge in [0.2, 0.25) is 0 Å². The number of carboxylic acids is 1. The third-order valence-corrected chi connectivity index (χ3v) is 6.91. The number of aryl methyl sites for hydroxylation is 1. The first-order valence-electron chi connectivity index (χ1n) is 10.5. The molecule has 3 aromatic carbocycles. The molecule has 0 atom stereocenters. The van der Waals surface area contributed by atoms with Crippen molar-refractivity contribution in [3.8, 4) is 5.75 Å². The van der Waals surface area contributed by atoms with E-state index in [0.717, 1.165) is 36.0 Å². The van der Waals surface area contributed by atoms with Crippen LogP contribution in [-0.4, -0.2) is 19.5 Å². The number of nitrogens with one attached hydrogen (secondary N) is 1. The minimum atomic E-state index is -3.79. The summed E-state index contributed by atoms with van der Waals surface area (Å²) in [4.78, 5) is 11.3. The standard InChI is InChI=1S/C25H25NO5S/c1-17-6-13-22(23(14-17)31-16-19-9-11-20(12-10-19)25(27)28)26-32(29,30)24-5-3-2-4-21(24)15-18-7-8-18/h2-6,9-14,18,26H,7-8,15-16H2,1H3,(H,27,28). The van der Waals surface area contributed by atoms with Gasteiger partial charge in [-0.15, -0.1) is 0 Å². The second-order valence-corrected chi connectivity index (χ2v) is 9.80. The molecule has 0 aliphatic heterocycles.